The fourth-order valence-corrected chi connectivity index (χ4v) is 1.43. The molecule has 0 spiro atoms. The number of hydrogen-bond acceptors (Lipinski definition) is 1. The summed E-state index contributed by atoms with van der Waals surface area (Å²) in [6.07, 6.45) is 1.12. The fourth-order valence-electron chi connectivity index (χ4n) is 1.37. The van der Waals surface area contributed by atoms with Crippen molar-refractivity contribution in [2.75, 3.05) is 5.32 Å². The highest BCUT2D eigenvalue weighted by Gasteiger charge is 2.09. The van der Waals surface area contributed by atoms with Crippen LogP contribution in [0.5, 0.6) is 0 Å². The van der Waals surface area contributed by atoms with Gasteiger partial charge in [0.05, 0.1) is 0 Å². The molecule has 1 rings (SSSR count). The molecule has 0 aliphatic heterocycles. The average molecular weight is 240 g/mol. The van der Waals surface area contributed by atoms with Gasteiger partial charge in [0.2, 0.25) is 5.91 Å². The van der Waals surface area contributed by atoms with E-state index in [9.17, 15) is 4.79 Å². The molecule has 0 fully saturated rings. The highest BCUT2D eigenvalue weighted by atomic mass is 35.5. The Bertz CT molecular complexity index is 345. The number of hydrogen-bond donors (Lipinski definition) is 1. The third-order valence-electron chi connectivity index (χ3n) is 2.72. The minimum atomic E-state index is -0.505. The Kier molecular flexibility index (Phi) is 4.81. The van der Waals surface area contributed by atoms with Crippen LogP contribution in [-0.2, 0) is 4.79 Å². The Labute approximate surface area is 102 Å². The second-order valence-corrected chi connectivity index (χ2v) is 4.69. The molecule has 2 nitrogen and oxygen atoms in total. The molecule has 0 aromatic heterocycles. The molecule has 0 aliphatic carbocycles. The van der Waals surface area contributed by atoms with Crippen molar-refractivity contribution in [2.45, 2.75) is 38.5 Å². The first kappa shape index (κ1) is 13.0. The van der Waals surface area contributed by atoms with Crippen LogP contribution in [0, 0.1) is 0 Å². The summed E-state index contributed by atoms with van der Waals surface area (Å²) >= 11 is 5.67. The van der Waals surface area contributed by atoms with Crippen LogP contribution in [0.1, 0.15) is 38.7 Å². The summed E-state index contributed by atoms with van der Waals surface area (Å²) in [7, 11) is 0. The maximum Gasteiger partial charge on any atom is 0.242 e. The molecule has 0 aliphatic rings. The van der Waals surface area contributed by atoms with Gasteiger partial charge in [0.25, 0.3) is 0 Å². The Morgan fingerprint density at radius 2 is 1.88 bits per heavy atom. The third-order valence-corrected chi connectivity index (χ3v) is 2.92. The summed E-state index contributed by atoms with van der Waals surface area (Å²) in [5.41, 5.74) is 2.09. The molecule has 1 aromatic rings. The van der Waals surface area contributed by atoms with Gasteiger partial charge in [-0.05, 0) is 37.0 Å². The van der Waals surface area contributed by atoms with E-state index >= 15 is 0 Å². The van der Waals surface area contributed by atoms with E-state index in [0.717, 1.165) is 12.1 Å². The quantitative estimate of drug-likeness (QED) is 0.797. The van der Waals surface area contributed by atoms with Gasteiger partial charge in [0.1, 0.15) is 5.38 Å². The molecule has 0 bridgehead atoms. The molecule has 16 heavy (non-hydrogen) atoms. The van der Waals surface area contributed by atoms with E-state index in [1.807, 2.05) is 24.3 Å². The summed E-state index contributed by atoms with van der Waals surface area (Å²) in [5, 5.41) is 2.25. The number of halogens is 1. The van der Waals surface area contributed by atoms with E-state index in [-0.39, 0.29) is 5.91 Å². The van der Waals surface area contributed by atoms with Crippen LogP contribution in [0.2, 0.25) is 0 Å². The van der Waals surface area contributed by atoms with Gasteiger partial charge in [0.15, 0.2) is 0 Å². The maximum atomic E-state index is 11.3. The third kappa shape index (κ3) is 3.53. The predicted octanol–water partition coefficient (Wildman–Crippen LogP) is 3.77. The molecule has 2 atom stereocenters. The van der Waals surface area contributed by atoms with Gasteiger partial charge in [-0.15, -0.1) is 11.6 Å². The topological polar surface area (TPSA) is 29.1 Å². The normalized spacial score (nSPS) is 14.2. The lowest BCUT2D eigenvalue weighted by molar-refractivity contribution is -0.115. The van der Waals surface area contributed by atoms with Crippen LogP contribution < -0.4 is 5.32 Å². The number of amides is 1. The number of benzene rings is 1. The van der Waals surface area contributed by atoms with Gasteiger partial charge in [0, 0.05) is 5.69 Å². The van der Waals surface area contributed by atoms with Crippen LogP contribution in [0.15, 0.2) is 24.3 Å². The molecule has 1 N–H and O–H groups in total. The molecular weight excluding hydrogens is 222 g/mol. The SMILES string of the molecule is CC[C@@H](C)c1ccc(NC(=O)[C@H](C)Cl)cc1. The minimum Gasteiger partial charge on any atom is -0.325 e. The highest BCUT2D eigenvalue weighted by Crippen LogP contribution is 2.20. The fraction of sp³-hybridized carbons (Fsp3) is 0.462. The van der Waals surface area contributed by atoms with Gasteiger partial charge >= 0.3 is 0 Å². The summed E-state index contributed by atoms with van der Waals surface area (Å²) in [6, 6.07) is 7.92. The average Bonchev–Trinajstić information content (AvgIpc) is 2.28. The molecular formula is C13H18ClNO. The van der Waals surface area contributed by atoms with E-state index in [2.05, 4.69) is 19.2 Å². The summed E-state index contributed by atoms with van der Waals surface area (Å²) in [4.78, 5) is 11.3. The van der Waals surface area contributed by atoms with Crippen LogP contribution in [0.4, 0.5) is 5.69 Å². The zero-order valence-electron chi connectivity index (χ0n) is 9.96. The van der Waals surface area contributed by atoms with E-state index in [1.165, 1.54) is 5.56 Å². The lowest BCUT2D eigenvalue weighted by atomic mass is 9.99. The predicted molar refractivity (Wildman–Crippen MR) is 69.1 cm³/mol. The molecule has 1 amide bonds. The number of nitrogens with one attached hydrogen (secondary N) is 1. The first-order valence-electron chi connectivity index (χ1n) is 5.59. The summed E-state index contributed by atoms with van der Waals surface area (Å²) < 4.78 is 0. The Hall–Kier alpha value is -1.02. The maximum absolute atomic E-state index is 11.3. The van der Waals surface area contributed by atoms with Gasteiger partial charge < -0.3 is 5.32 Å². The Morgan fingerprint density at radius 1 is 1.31 bits per heavy atom. The Morgan fingerprint density at radius 3 is 2.31 bits per heavy atom. The lowest BCUT2D eigenvalue weighted by Crippen LogP contribution is -2.20. The van der Waals surface area contributed by atoms with Crippen molar-refractivity contribution in [2.24, 2.45) is 0 Å². The molecule has 88 valence electrons. The lowest BCUT2D eigenvalue weighted by Gasteiger charge is -2.11. The number of alkyl halides is 1. The summed E-state index contributed by atoms with van der Waals surface area (Å²) in [5.74, 6) is 0.384. The minimum absolute atomic E-state index is 0.169. The highest BCUT2D eigenvalue weighted by molar-refractivity contribution is 6.32. The van der Waals surface area contributed by atoms with Crippen molar-refractivity contribution in [3.63, 3.8) is 0 Å². The molecule has 0 heterocycles. The zero-order chi connectivity index (χ0) is 12.1. The molecule has 1 aromatic carbocycles. The number of anilines is 1. The molecule has 0 saturated carbocycles. The zero-order valence-corrected chi connectivity index (χ0v) is 10.7. The van der Waals surface area contributed by atoms with Crippen LogP contribution in [0.3, 0.4) is 0 Å². The van der Waals surface area contributed by atoms with Crippen LogP contribution in [-0.4, -0.2) is 11.3 Å². The molecule has 3 heteroatoms. The van der Waals surface area contributed by atoms with E-state index in [4.69, 9.17) is 11.6 Å². The van der Waals surface area contributed by atoms with Gasteiger partial charge in [-0.25, -0.2) is 0 Å². The second kappa shape index (κ2) is 5.90. The van der Waals surface area contributed by atoms with E-state index < -0.39 is 5.38 Å². The van der Waals surface area contributed by atoms with Crippen molar-refractivity contribution in [3.8, 4) is 0 Å². The standard InChI is InChI=1S/C13H18ClNO/c1-4-9(2)11-5-7-12(8-6-11)15-13(16)10(3)14/h5-10H,4H2,1-3H3,(H,15,16)/t9-,10+/m1/s1. The second-order valence-electron chi connectivity index (χ2n) is 4.04. The first-order chi connectivity index (χ1) is 7.54. The summed E-state index contributed by atoms with van der Waals surface area (Å²) in [6.45, 7) is 6.01. The number of carbonyl (C=O) groups excluding carboxylic acids is 1. The van der Waals surface area contributed by atoms with Gasteiger partial charge in [-0.2, -0.15) is 0 Å². The van der Waals surface area contributed by atoms with Crippen molar-refractivity contribution >= 4 is 23.2 Å². The van der Waals surface area contributed by atoms with Crippen LogP contribution in [0.25, 0.3) is 0 Å². The van der Waals surface area contributed by atoms with Crippen molar-refractivity contribution < 1.29 is 4.79 Å². The largest absolute Gasteiger partial charge is 0.325 e. The van der Waals surface area contributed by atoms with Crippen LogP contribution >= 0.6 is 11.6 Å². The van der Waals surface area contributed by atoms with Crippen molar-refractivity contribution in [1.82, 2.24) is 0 Å². The van der Waals surface area contributed by atoms with Gasteiger partial charge in [-0.1, -0.05) is 26.0 Å². The van der Waals surface area contributed by atoms with Crippen molar-refractivity contribution in [1.29, 1.82) is 0 Å². The van der Waals surface area contributed by atoms with Crippen molar-refractivity contribution in [3.05, 3.63) is 29.8 Å². The van der Waals surface area contributed by atoms with E-state index in [0.29, 0.717) is 5.92 Å². The monoisotopic (exact) mass is 239 g/mol. The van der Waals surface area contributed by atoms with Gasteiger partial charge in [-0.3, -0.25) is 4.79 Å². The molecule has 0 radical (unpaired) electrons. The Balaban J connectivity index is 2.68. The number of carbonyl (C=O) groups is 1. The smallest absolute Gasteiger partial charge is 0.242 e. The van der Waals surface area contributed by atoms with E-state index in [1.54, 1.807) is 6.92 Å². The number of rotatable bonds is 4. The molecule has 0 unspecified atom stereocenters. The first-order valence-corrected chi connectivity index (χ1v) is 6.03. The molecule has 0 saturated heterocycles.